The number of nitrogens with zero attached hydrogens (tertiary/aromatic N) is 5. The smallest absolute Gasteiger partial charge is 0.297 e. The summed E-state index contributed by atoms with van der Waals surface area (Å²) in [6, 6.07) is 5.17. The zero-order valence-corrected chi connectivity index (χ0v) is 16.6. The fourth-order valence-corrected chi connectivity index (χ4v) is 3.55. The van der Waals surface area contributed by atoms with Crippen molar-refractivity contribution in [2.75, 3.05) is 0 Å². The van der Waals surface area contributed by atoms with Gasteiger partial charge in [0, 0.05) is 24.7 Å². The molecule has 3 aromatic rings. The molecule has 0 aliphatic carbocycles. The summed E-state index contributed by atoms with van der Waals surface area (Å²) >= 11 is 0. The van der Waals surface area contributed by atoms with E-state index in [4.69, 9.17) is 0 Å². The van der Waals surface area contributed by atoms with E-state index in [2.05, 4.69) is 15.1 Å². The summed E-state index contributed by atoms with van der Waals surface area (Å²) in [5, 5.41) is 4.25. The van der Waals surface area contributed by atoms with Gasteiger partial charge in [-0.25, -0.2) is 9.98 Å². The number of alkyl halides is 3. The highest BCUT2D eigenvalue weighted by molar-refractivity contribution is 6.05. The van der Waals surface area contributed by atoms with Gasteiger partial charge in [-0.05, 0) is 31.0 Å². The fourth-order valence-electron chi connectivity index (χ4n) is 3.55. The van der Waals surface area contributed by atoms with Crippen molar-refractivity contribution in [1.82, 2.24) is 19.3 Å². The maximum atomic E-state index is 12.9. The second-order valence-corrected chi connectivity index (χ2v) is 7.28. The van der Waals surface area contributed by atoms with E-state index in [1.165, 1.54) is 6.07 Å². The topological polar surface area (TPSA) is 65.1 Å². The highest BCUT2D eigenvalue weighted by Crippen LogP contribution is 2.30. The van der Waals surface area contributed by atoms with Gasteiger partial charge in [-0.15, -0.1) is 0 Å². The number of aliphatic imine (C=N–C) groups is 1. The average Bonchev–Trinajstić information content (AvgIpc) is 3.32. The van der Waals surface area contributed by atoms with Crippen molar-refractivity contribution in [3.8, 4) is 0 Å². The van der Waals surface area contributed by atoms with E-state index in [-0.39, 0.29) is 12.1 Å². The summed E-state index contributed by atoms with van der Waals surface area (Å²) in [5.74, 6) is 1.07. The average molecular weight is 415 g/mol. The molecule has 0 atom stereocenters. The van der Waals surface area contributed by atoms with Crippen LogP contribution in [0.5, 0.6) is 0 Å². The molecule has 156 valence electrons. The molecule has 9 heteroatoms. The van der Waals surface area contributed by atoms with Gasteiger partial charge in [0.25, 0.3) is 5.56 Å². The van der Waals surface area contributed by atoms with Gasteiger partial charge >= 0.3 is 6.18 Å². The van der Waals surface area contributed by atoms with Gasteiger partial charge in [0.2, 0.25) is 0 Å². The van der Waals surface area contributed by atoms with Crippen molar-refractivity contribution in [1.29, 1.82) is 0 Å². The first-order chi connectivity index (χ1) is 14.3. The van der Waals surface area contributed by atoms with E-state index in [0.29, 0.717) is 41.4 Å². The lowest BCUT2D eigenvalue weighted by atomic mass is 10.1. The molecule has 1 aromatic carbocycles. The van der Waals surface area contributed by atoms with Crippen LogP contribution < -0.4 is 5.56 Å². The molecule has 6 nitrogen and oxygen atoms in total. The van der Waals surface area contributed by atoms with Crippen molar-refractivity contribution in [2.24, 2.45) is 4.99 Å². The molecule has 0 N–H and O–H groups in total. The summed E-state index contributed by atoms with van der Waals surface area (Å²) in [7, 11) is 0. The van der Waals surface area contributed by atoms with Crippen molar-refractivity contribution in [2.45, 2.75) is 46.0 Å². The highest BCUT2D eigenvalue weighted by atomic mass is 19.4. The minimum absolute atomic E-state index is 0.0746. The monoisotopic (exact) mass is 415 g/mol. The third kappa shape index (κ3) is 3.79. The van der Waals surface area contributed by atoms with Gasteiger partial charge in [0.15, 0.2) is 5.82 Å². The number of fused-ring (bicyclic) bond motifs is 1. The summed E-state index contributed by atoms with van der Waals surface area (Å²) in [5.41, 5.74) is 1.70. The molecule has 4 rings (SSSR count). The Kier molecular flexibility index (Phi) is 5.05. The van der Waals surface area contributed by atoms with E-state index in [1.807, 2.05) is 6.92 Å². The van der Waals surface area contributed by atoms with Gasteiger partial charge in [-0.1, -0.05) is 19.1 Å². The Hall–Kier alpha value is -3.23. The Morgan fingerprint density at radius 1 is 1.23 bits per heavy atom. The lowest BCUT2D eigenvalue weighted by molar-refractivity contribution is -0.137. The minimum Gasteiger partial charge on any atom is -0.297 e. The number of benzene rings is 1. The van der Waals surface area contributed by atoms with Crippen LogP contribution in [0.25, 0.3) is 0 Å². The molecule has 0 radical (unpaired) electrons. The van der Waals surface area contributed by atoms with Crippen LogP contribution in [0.2, 0.25) is 0 Å². The predicted octanol–water partition coefficient (Wildman–Crippen LogP) is 3.90. The van der Waals surface area contributed by atoms with Gasteiger partial charge in [0.05, 0.1) is 29.6 Å². The molecule has 0 bridgehead atoms. The third-order valence-corrected chi connectivity index (χ3v) is 5.03. The van der Waals surface area contributed by atoms with Gasteiger partial charge in [0.1, 0.15) is 5.82 Å². The number of hydrogen-bond donors (Lipinski definition) is 0. The Bertz CT molecular complexity index is 1190. The Balaban J connectivity index is 1.56. The quantitative estimate of drug-likeness (QED) is 0.635. The first kappa shape index (κ1) is 20.1. The van der Waals surface area contributed by atoms with Crippen LogP contribution >= 0.6 is 0 Å². The highest BCUT2D eigenvalue weighted by Gasteiger charge is 2.30. The normalized spacial score (nSPS) is 13.4. The number of aryl methyl sites for hydroxylation is 1. The molecule has 1 aliphatic heterocycles. The first-order valence-corrected chi connectivity index (χ1v) is 9.63. The van der Waals surface area contributed by atoms with Crippen LogP contribution in [0.15, 0.2) is 46.4 Å². The Labute approximate surface area is 170 Å². The van der Waals surface area contributed by atoms with Crippen LogP contribution in [-0.2, 0) is 25.7 Å². The molecular weight excluding hydrogens is 395 g/mol. The van der Waals surface area contributed by atoms with Gasteiger partial charge < -0.3 is 0 Å². The van der Waals surface area contributed by atoms with E-state index >= 15 is 0 Å². The minimum atomic E-state index is -4.38. The number of hydrogen-bond acceptors (Lipinski definition) is 4. The molecule has 0 amide bonds. The zero-order chi connectivity index (χ0) is 21.5. The predicted molar refractivity (Wildman–Crippen MR) is 106 cm³/mol. The van der Waals surface area contributed by atoms with Crippen molar-refractivity contribution in [3.05, 3.63) is 75.1 Å². The molecule has 1 aliphatic rings. The molecule has 30 heavy (non-hydrogen) atoms. The lowest BCUT2D eigenvalue weighted by Gasteiger charge is -2.09. The standard InChI is InChI=1S/C21H20F3N5O/c1-3-7-29-13(2)26-19-17(20(29)30)9-18(27-19)15-10-25-28(12-15)11-14-5-4-6-16(8-14)21(22,23)24/h4-6,8,10,12H,3,7,9,11H2,1-2H3. The molecule has 0 spiro atoms. The SMILES string of the molecule is CCCn1c(C)nc2c(c1=O)CC(c1cnn(Cc3cccc(C(F)(F)F)c3)c1)=N2. The molecule has 3 heterocycles. The maximum Gasteiger partial charge on any atom is 0.416 e. The van der Waals surface area contributed by atoms with Crippen molar-refractivity contribution < 1.29 is 13.2 Å². The maximum absolute atomic E-state index is 12.9. The van der Waals surface area contributed by atoms with E-state index in [9.17, 15) is 18.0 Å². The van der Waals surface area contributed by atoms with E-state index < -0.39 is 11.7 Å². The molecule has 0 saturated heterocycles. The fraction of sp³-hybridized carbons (Fsp3) is 0.333. The lowest BCUT2D eigenvalue weighted by Crippen LogP contribution is -2.26. The number of halogens is 3. The van der Waals surface area contributed by atoms with Crippen molar-refractivity contribution >= 4 is 11.5 Å². The van der Waals surface area contributed by atoms with Crippen LogP contribution in [0, 0.1) is 6.92 Å². The second-order valence-electron chi connectivity index (χ2n) is 7.28. The van der Waals surface area contributed by atoms with Crippen molar-refractivity contribution in [3.63, 3.8) is 0 Å². The van der Waals surface area contributed by atoms with Gasteiger partial charge in [-0.2, -0.15) is 18.3 Å². The summed E-state index contributed by atoms with van der Waals surface area (Å²) in [6.07, 6.45) is 0.140. The van der Waals surface area contributed by atoms with E-state index in [0.717, 1.165) is 24.1 Å². The van der Waals surface area contributed by atoms with Crippen LogP contribution in [0.4, 0.5) is 19.0 Å². The second kappa shape index (κ2) is 7.55. The summed E-state index contributed by atoms with van der Waals surface area (Å²) in [4.78, 5) is 21.7. The van der Waals surface area contributed by atoms with E-state index in [1.54, 1.807) is 34.6 Å². The largest absolute Gasteiger partial charge is 0.416 e. The van der Waals surface area contributed by atoms with Crippen LogP contribution in [-0.4, -0.2) is 25.0 Å². The summed E-state index contributed by atoms with van der Waals surface area (Å²) in [6.45, 7) is 4.60. The number of rotatable bonds is 5. The molecule has 0 saturated carbocycles. The molecule has 0 fully saturated rings. The summed E-state index contributed by atoms with van der Waals surface area (Å²) < 4.78 is 42.0. The third-order valence-electron chi connectivity index (χ3n) is 5.03. The molecule has 2 aromatic heterocycles. The zero-order valence-electron chi connectivity index (χ0n) is 16.6. The first-order valence-electron chi connectivity index (χ1n) is 9.63. The molecule has 0 unspecified atom stereocenters. The van der Waals surface area contributed by atoms with Gasteiger partial charge in [-0.3, -0.25) is 14.0 Å². The molecular formula is C21H20F3N5O. The van der Waals surface area contributed by atoms with Crippen LogP contribution in [0.1, 0.15) is 41.4 Å². The van der Waals surface area contributed by atoms with Crippen LogP contribution in [0.3, 0.4) is 0 Å². The number of aromatic nitrogens is 4. The Morgan fingerprint density at radius 3 is 2.77 bits per heavy atom. The Morgan fingerprint density at radius 2 is 2.03 bits per heavy atom.